The molecular formula is C15H23N5O3. The van der Waals surface area contributed by atoms with Crippen LogP contribution in [-0.2, 0) is 16.0 Å². The van der Waals surface area contributed by atoms with Crippen molar-refractivity contribution in [3.05, 3.63) is 11.7 Å². The summed E-state index contributed by atoms with van der Waals surface area (Å²) in [5, 5.41) is 6.95. The minimum Gasteiger partial charge on any atom is -0.341 e. The van der Waals surface area contributed by atoms with E-state index in [1.165, 1.54) is 0 Å². The second kappa shape index (κ2) is 7.08. The number of nitrogens with one attached hydrogen (secondary N) is 1. The van der Waals surface area contributed by atoms with Crippen molar-refractivity contribution in [2.24, 2.45) is 5.92 Å². The standard InChI is InChI=1S/C15H23N5O3/c1-11-17-13(18-23-11)7-12-3-2-5-19(9-12)15(22)10-20-6-4-16-8-14(20)21/h12,16H,2-10H2,1H3/t12-/m1/s1. The quantitative estimate of drug-likeness (QED) is 0.811. The van der Waals surface area contributed by atoms with Gasteiger partial charge >= 0.3 is 0 Å². The molecule has 0 spiro atoms. The van der Waals surface area contributed by atoms with Crippen LogP contribution < -0.4 is 5.32 Å². The maximum absolute atomic E-state index is 12.5. The van der Waals surface area contributed by atoms with Crippen LogP contribution in [0, 0.1) is 12.8 Å². The lowest BCUT2D eigenvalue weighted by Crippen LogP contribution is -2.53. The zero-order valence-electron chi connectivity index (χ0n) is 13.5. The summed E-state index contributed by atoms with van der Waals surface area (Å²) in [7, 11) is 0. The van der Waals surface area contributed by atoms with E-state index in [1.54, 1.807) is 11.8 Å². The molecule has 8 nitrogen and oxygen atoms in total. The maximum Gasteiger partial charge on any atom is 0.242 e. The SMILES string of the molecule is Cc1nc(C[C@H]2CCCN(C(=O)CN3CCNCC3=O)C2)no1. The number of carbonyl (C=O) groups excluding carboxylic acids is 2. The Kier molecular flexibility index (Phi) is 4.90. The third-order valence-corrected chi connectivity index (χ3v) is 4.43. The Morgan fingerprint density at radius 2 is 2.30 bits per heavy atom. The summed E-state index contributed by atoms with van der Waals surface area (Å²) in [6.07, 6.45) is 2.76. The molecule has 0 unspecified atom stereocenters. The van der Waals surface area contributed by atoms with Crippen molar-refractivity contribution in [2.75, 3.05) is 39.3 Å². The van der Waals surface area contributed by atoms with Gasteiger partial charge in [-0.1, -0.05) is 5.16 Å². The Hall–Kier alpha value is -1.96. The molecule has 2 aliphatic rings. The molecule has 1 N–H and O–H groups in total. The smallest absolute Gasteiger partial charge is 0.242 e. The molecule has 2 fully saturated rings. The summed E-state index contributed by atoms with van der Waals surface area (Å²) in [6, 6.07) is 0. The number of carbonyl (C=O) groups is 2. The number of aryl methyl sites for hydroxylation is 1. The minimum absolute atomic E-state index is 0.000400. The second-order valence-electron chi connectivity index (χ2n) is 6.27. The van der Waals surface area contributed by atoms with E-state index < -0.39 is 0 Å². The van der Waals surface area contributed by atoms with Crippen LogP contribution >= 0.6 is 0 Å². The molecule has 23 heavy (non-hydrogen) atoms. The molecule has 1 aromatic rings. The molecule has 3 heterocycles. The van der Waals surface area contributed by atoms with E-state index in [1.807, 2.05) is 4.90 Å². The zero-order chi connectivity index (χ0) is 16.2. The highest BCUT2D eigenvalue weighted by Crippen LogP contribution is 2.20. The van der Waals surface area contributed by atoms with Crippen LogP contribution in [0.4, 0.5) is 0 Å². The number of hydrogen-bond acceptors (Lipinski definition) is 6. The average molecular weight is 321 g/mol. The maximum atomic E-state index is 12.5. The Morgan fingerprint density at radius 3 is 3.04 bits per heavy atom. The largest absolute Gasteiger partial charge is 0.341 e. The number of aromatic nitrogens is 2. The topological polar surface area (TPSA) is 91.6 Å². The molecule has 126 valence electrons. The van der Waals surface area contributed by atoms with Crippen LogP contribution in [0.1, 0.15) is 24.6 Å². The van der Waals surface area contributed by atoms with E-state index in [9.17, 15) is 9.59 Å². The fraction of sp³-hybridized carbons (Fsp3) is 0.733. The van der Waals surface area contributed by atoms with Gasteiger partial charge in [0.2, 0.25) is 17.7 Å². The van der Waals surface area contributed by atoms with Crippen LogP contribution in [-0.4, -0.2) is 71.0 Å². The monoisotopic (exact) mass is 321 g/mol. The number of hydrogen-bond donors (Lipinski definition) is 1. The third kappa shape index (κ3) is 4.07. The van der Waals surface area contributed by atoms with E-state index in [0.717, 1.165) is 32.4 Å². The second-order valence-corrected chi connectivity index (χ2v) is 6.27. The summed E-state index contributed by atoms with van der Waals surface area (Å²) in [6.45, 7) is 5.11. The minimum atomic E-state index is 0.000400. The van der Waals surface area contributed by atoms with Gasteiger partial charge in [0, 0.05) is 39.5 Å². The third-order valence-electron chi connectivity index (χ3n) is 4.43. The molecule has 0 radical (unpaired) electrons. The highest BCUT2D eigenvalue weighted by atomic mass is 16.5. The number of piperazine rings is 1. The number of likely N-dealkylation sites (tertiary alicyclic amines) is 1. The fourth-order valence-corrected chi connectivity index (χ4v) is 3.22. The van der Waals surface area contributed by atoms with Gasteiger partial charge in [-0.15, -0.1) is 0 Å². The Balaban J connectivity index is 1.53. The van der Waals surface area contributed by atoms with Gasteiger partial charge in [-0.2, -0.15) is 4.98 Å². The van der Waals surface area contributed by atoms with Crippen molar-refractivity contribution in [1.29, 1.82) is 0 Å². The van der Waals surface area contributed by atoms with Gasteiger partial charge in [0.25, 0.3) is 0 Å². The highest BCUT2D eigenvalue weighted by molar-refractivity contribution is 5.86. The molecule has 1 aromatic heterocycles. The molecule has 3 rings (SSSR count). The Morgan fingerprint density at radius 1 is 1.43 bits per heavy atom. The number of rotatable bonds is 4. The van der Waals surface area contributed by atoms with Crippen LogP contribution in [0.5, 0.6) is 0 Å². The van der Waals surface area contributed by atoms with Crippen molar-refractivity contribution in [2.45, 2.75) is 26.2 Å². The lowest BCUT2D eigenvalue weighted by atomic mass is 9.94. The summed E-state index contributed by atoms with van der Waals surface area (Å²) >= 11 is 0. The molecular weight excluding hydrogens is 298 g/mol. The summed E-state index contributed by atoms with van der Waals surface area (Å²) < 4.78 is 5.00. The predicted octanol–water partition coefficient (Wildman–Crippen LogP) is -0.409. The number of nitrogens with zero attached hydrogens (tertiary/aromatic N) is 4. The van der Waals surface area contributed by atoms with Gasteiger partial charge < -0.3 is 19.6 Å². The first-order valence-electron chi connectivity index (χ1n) is 8.17. The normalized spacial score (nSPS) is 22.5. The fourth-order valence-electron chi connectivity index (χ4n) is 3.22. The molecule has 0 saturated carbocycles. The first kappa shape index (κ1) is 15.9. The lowest BCUT2D eigenvalue weighted by molar-refractivity contribution is -0.142. The zero-order valence-corrected chi connectivity index (χ0v) is 13.5. The van der Waals surface area contributed by atoms with Crippen LogP contribution in [0.15, 0.2) is 4.52 Å². The van der Waals surface area contributed by atoms with Crippen molar-refractivity contribution < 1.29 is 14.1 Å². The Bertz CT molecular complexity index is 573. The van der Waals surface area contributed by atoms with E-state index in [0.29, 0.717) is 37.3 Å². The van der Waals surface area contributed by atoms with Gasteiger partial charge in [-0.25, -0.2) is 0 Å². The van der Waals surface area contributed by atoms with Gasteiger partial charge in [0.15, 0.2) is 5.82 Å². The van der Waals surface area contributed by atoms with Crippen LogP contribution in [0.25, 0.3) is 0 Å². The van der Waals surface area contributed by atoms with Crippen molar-refractivity contribution in [3.63, 3.8) is 0 Å². The summed E-state index contributed by atoms with van der Waals surface area (Å²) in [5.41, 5.74) is 0. The van der Waals surface area contributed by atoms with Crippen LogP contribution in [0.2, 0.25) is 0 Å². The molecule has 8 heteroatoms. The van der Waals surface area contributed by atoms with E-state index >= 15 is 0 Å². The van der Waals surface area contributed by atoms with Gasteiger partial charge in [-0.05, 0) is 18.8 Å². The van der Waals surface area contributed by atoms with Crippen molar-refractivity contribution >= 4 is 11.8 Å². The molecule has 0 bridgehead atoms. The van der Waals surface area contributed by atoms with Crippen molar-refractivity contribution in [3.8, 4) is 0 Å². The first-order valence-corrected chi connectivity index (χ1v) is 8.17. The number of piperidine rings is 1. The van der Waals surface area contributed by atoms with E-state index in [4.69, 9.17) is 4.52 Å². The van der Waals surface area contributed by atoms with Gasteiger partial charge in [0.05, 0.1) is 13.1 Å². The molecule has 1 atom stereocenters. The Labute approximate surface area is 135 Å². The number of amides is 2. The predicted molar refractivity (Wildman–Crippen MR) is 81.5 cm³/mol. The molecule has 2 amide bonds. The molecule has 0 aromatic carbocycles. The lowest BCUT2D eigenvalue weighted by Gasteiger charge is -2.35. The first-order chi connectivity index (χ1) is 11.1. The van der Waals surface area contributed by atoms with Crippen molar-refractivity contribution in [1.82, 2.24) is 25.3 Å². The molecule has 0 aliphatic carbocycles. The summed E-state index contributed by atoms with van der Waals surface area (Å²) in [5.74, 6) is 1.66. The van der Waals surface area contributed by atoms with Gasteiger partial charge in [-0.3, -0.25) is 9.59 Å². The molecule has 2 saturated heterocycles. The summed E-state index contributed by atoms with van der Waals surface area (Å²) in [4.78, 5) is 32.0. The highest BCUT2D eigenvalue weighted by Gasteiger charge is 2.28. The van der Waals surface area contributed by atoms with Crippen LogP contribution in [0.3, 0.4) is 0 Å². The van der Waals surface area contributed by atoms with E-state index in [-0.39, 0.29) is 18.4 Å². The van der Waals surface area contributed by atoms with Gasteiger partial charge in [0.1, 0.15) is 0 Å². The molecule has 2 aliphatic heterocycles. The van der Waals surface area contributed by atoms with E-state index in [2.05, 4.69) is 15.5 Å². The average Bonchev–Trinajstić information content (AvgIpc) is 2.95.